The van der Waals surface area contributed by atoms with E-state index in [-0.39, 0.29) is 5.69 Å². The standard InChI is InChI=1S/C13H18N4O2/c1-3-17(4-2)10-6-5-9-7-11(15-16-14)13(18)19-12(9)8-10/h5-8,15-16H,3-4,14H2,1-2H3. The van der Waals surface area contributed by atoms with Gasteiger partial charge in [-0.2, -0.15) is 5.53 Å². The highest BCUT2D eigenvalue weighted by molar-refractivity contribution is 5.83. The van der Waals surface area contributed by atoms with Crippen molar-refractivity contribution in [2.75, 3.05) is 23.4 Å². The lowest BCUT2D eigenvalue weighted by Crippen LogP contribution is -2.31. The smallest absolute Gasteiger partial charge is 0.361 e. The first kappa shape index (κ1) is 13.4. The van der Waals surface area contributed by atoms with Crippen molar-refractivity contribution in [2.24, 2.45) is 5.84 Å². The third kappa shape index (κ3) is 2.69. The number of hydrogen-bond acceptors (Lipinski definition) is 6. The van der Waals surface area contributed by atoms with Crippen molar-refractivity contribution in [3.8, 4) is 0 Å². The molecule has 0 aliphatic heterocycles. The number of anilines is 2. The molecule has 2 aromatic rings. The molecule has 2 rings (SSSR count). The van der Waals surface area contributed by atoms with Crippen LogP contribution in [0.15, 0.2) is 33.5 Å². The van der Waals surface area contributed by atoms with Crippen LogP contribution in [0, 0.1) is 0 Å². The molecule has 0 amide bonds. The Morgan fingerprint density at radius 1 is 1.26 bits per heavy atom. The van der Waals surface area contributed by atoms with Crippen LogP contribution in [0.4, 0.5) is 11.4 Å². The number of nitrogens with one attached hydrogen (secondary N) is 2. The molecule has 0 saturated carbocycles. The van der Waals surface area contributed by atoms with E-state index < -0.39 is 5.63 Å². The van der Waals surface area contributed by atoms with Gasteiger partial charge in [0.2, 0.25) is 0 Å². The highest BCUT2D eigenvalue weighted by atomic mass is 16.4. The van der Waals surface area contributed by atoms with Crippen LogP contribution in [0.2, 0.25) is 0 Å². The average molecular weight is 262 g/mol. The number of fused-ring (bicyclic) bond motifs is 1. The van der Waals surface area contributed by atoms with Gasteiger partial charge in [-0.3, -0.25) is 5.84 Å². The van der Waals surface area contributed by atoms with Crippen LogP contribution in [0.25, 0.3) is 11.0 Å². The van der Waals surface area contributed by atoms with Gasteiger partial charge in [0.25, 0.3) is 0 Å². The molecule has 0 atom stereocenters. The van der Waals surface area contributed by atoms with Gasteiger partial charge >= 0.3 is 5.63 Å². The maximum absolute atomic E-state index is 11.7. The van der Waals surface area contributed by atoms with E-state index in [1.54, 1.807) is 6.07 Å². The van der Waals surface area contributed by atoms with E-state index in [1.807, 2.05) is 18.2 Å². The van der Waals surface area contributed by atoms with Crippen molar-refractivity contribution >= 4 is 22.3 Å². The van der Waals surface area contributed by atoms with E-state index in [9.17, 15) is 4.79 Å². The van der Waals surface area contributed by atoms with Crippen molar-refractivity contribution in [1.82, 2.24) is 5.53 Å². The minimum atomic E-state index is -0.456. The van der Waals surface area contributed by atoms with Gasteiger partial charge in [0.05, 0.1) is 0 Å². The topological polar surface area (TPSA) is 83.5 Å². The molecule has 0 aliphatic rings. The zero-order valence-electron chi connectivity index (χ0n) is 11.1. The minimum absolute atomic E-state index is 0.283. The Morgan fingerprint density at radius 3 is 2.63 bits per heavy atom. The summed E-state index contributed by atoms with van der Waals surface area (Å²) >= 11 is 0. The van der Waals surface area contributed by atoms with Gasteiger partial charge in [-0.15, -0.1) is 0 Å². The molecule has 1 aromatic heterocycles. The summed E-state index contributed by atoms with van der Waals surface area (Å²) in [5.74, 6) is 5.13. The molecule has 19 heavy (non-hydrogen) atoms. The largest absolute Gasteiger partial charge is 0.421 e. The van der Waals surface area contributed by atoms with E-state index in [0.29, 0.717) is 5.58 Å². The van der Waals surface area contributed by atoms with Gasteiger partial charge in [0.15, 0.2) is 0 Å². The molecule has 0 saturated heterocycles. The van der Waals surface area contributed by atoms with Crippen LogP contribution >= 0.6 is 0 Å². The van der Waals surface area contributed by atoms with Crippen LogP contribution < -0.4 is 27.3 Å². The highest BCUT2D eigenvalue weighted by Crippen LogP contribution is 2.22. The molecule has 1 aromatic carbocycles. The molecule has 0 unspecified atom stereocenters. The van der Waals surface area contributed by atoms with E-state index in [0.717, 1.165) is 24.2 Å². The molecule has 0 spiro atoms. The van der Waals surface area contributed by atoms with Gasteiger partial charge in [-0.1, -0.05) is 0 Å². The lowest BCUT2D eigenvalue weighted by molar-refractivity contribution is 0.561. The second kappa shape index (κ2) is 5.73. The number of benzene rings is 1. The summed E-state index contributed by atoms with van der Waals surface area (Å²) in [6.45, 7) is 5.99. The van der Waals surface area contributed by atoms with Crippen LogP contribution in [-0.2, 0) is 0 Å². The number of nitrogens with zero attached hydrogens (tertiary/aromatic N) is 1. The predicted octanol–water partition coefficient (Wildman–Crippen LogP) is 1.43. The van der Waals surface area contributed by atoms with Gasteiger partial charge in [0.1, 0.15) is 11.3 Å². The van der Waals surface area contributed by atoms with Crippen LogP contribution in [-0.4, -0.2) is 13.1 Å². The SMILES string of the molecule is CCN(CC)c1ccc2cc(NNN)c(=O)oc2c1. The summed E-state index contributed by atoms with van der Waals surface area (Å²) in [5, 5.41) is 0.841. The summed E-state index contributed by atoms with van der Waals surface area (Å²) in [4.78, 5) is 13.9. The van der Waals surface area contributed by atoms with E-state index >= 15 is 0 Å². The fraction of sp³-hybridized carbons (Fsp3) is 0.308. The Labute approximate surface area is 111 Å². The first-order chi connectivity index (χ1) is 9.19. The quantitative estimate of drug-likeness (QED) is 0.429. The van der Waals surface area contributed by atoms with Crippen molar-refractivity contribution < 1.29 is 4.42 Å². The summed E-state index contributed by atoms with van der Waals surface area (Å²) in [6.07, 6.45) is 0. The molecule has 4 N–H and O–H groups in total. The van der Waals surface area contributed by atoms with E-state index in [1.165, 1.54) is 0 Å². The van der Waals surface area contributed by atoms with E-state index in [4.69, 9.17) is 10.3 Å². The third-order valence-electron chi connectivity index (χ3n) is 3.05. The molecule has 0 fully saturated rings. The molecule has 1 heterocycles. The normalized spacial score (nSPS) is 10.7. The molecule has 0 radical (unpaired) electrons. The zero-order chi connectivity index (χ0) is 13.8. The second-order valence-corrected chi connectivity index (χ2v) is 4.11. The van der Waals surface area contributed by atoms with Gasteiger partial charge in [0, 0.05) is 30.2 Å². The summed E-state index contributed by atoms with van der Waals surface area (Å²) < 4.78 is 5.28. The Balaban J connectivity index is 2.49. The first-order valence-corrected chi connectivity index (χ1v) is 6.24. The molecule has 102 valence electrons. The van der Waals surface area contributed by atoms with Crippen LogP contribution in [0.1, 0.15) is 13.8 Å². The number of hydrazine groups is 2. The highest BCUT2D eigenvalue weighted by Gasteiger charge is 2.07. The van der Waals surface area contributed by atoms with Gasteiger partial charge in [-0.25, -0.2) is 4.79 Å². The Bertz CT molecular complexity index is 620. The molecule has 0 aliphatic carbocycles. The van der Waals surface area contributed by atoms with Crippen LogP contribution in [0.5, 0.6) is 0 Å². The Morgan fingerprint density at radius 2 is 2.00 bits per heavy atom. The fourth-order valence-electron chi connectivity index (χ4n) is 2.05. The maximum Gasteiger partial charge on any atom is 0.361 e. The fourth-order valence-corrected chi connectivity index (χ4v) is 2.05. The Kier molecular flexibility index (Phi) is 4.03. The summed E-state index contributed by atoms with van der Waals surface area (Å²) in [5.41, 5.74) is 6.19. The van der Waals surface area contributed by atoms with E-state index in [2.05, 4.69) is 29.7 Å². The molecular formula is C13H18N4O2. The van der Waals surface area contributed by atoms with Crippen molar-refractivity contribution in [2.45, 2.75) is 13.8 Å². The van der Waals surface area contributed by atoms with Crippen molar-refractivity contribution in [3.63, 3.8) is 0 Å². The van der Waals surface area contributed by atoms with Crippen molar-refractivity contribution in [3.05, 3.63) is 34.7 Å². The molecular weight excluding hydrogens is 244 g/mol. The monoisotopic (exact) mass is 262 g/mol. The third-order valence-corrected chi connectivity index (χ3v) is 3.05. The average Bonchev–Trinajstić information content (AvgIpc) is 2.41. The van der Waals surface area contributed by atoms with Gasteiger partial charge in [-0.05, 0) is 32.0 Å². The van der Waals surface area contributed by atoms with Gasteiger partial charge < -0.3 is 14.7 Å². The number of hydrogen-bond donors (Lipinski definition) is 3. The minimum Gasteiger partial charge on any atom is -0.421 e. The van der Waals surface area contributed by atoms with Crippen LogP contribution in [0.3, 0.4) is 0 Å². The second-order valence-electron chi connectivity index (χ2n) is 4.11. The lowest BCUT2D eigenvalue weighted by atomic mass is 10.2. The predicted molar refractivity (Wildman–Crippen MR) is 77.0 cm³/mol. The molecule has 0 bridgehead atoms. The summed E-state index contributed by atoms with van der Waals surface area (Å²) in [6, 6.07) is 7.51. The Hall–Kier alpha value is -2.05. The maximum atomic E-state index is 11.7. The first-order valence-electron chi connectivity index (χ1n) is 6.24. The summed E-state index contributed by atoms with van der Waals surface area (Å²) in [7, 11) is 0. The number of nitrogens with two attached hydrogens (primary N) is 1. The molecule has 6 heteroatoms. The lowest BCUT2D eigenvalue weighted by Gasteiger charge is -2.21. The molecule has 6 nitrogen and oxygen atoms in total. The van der Waals surface area contributed by atoms with Crippen molar-refractivity contribution in [1.29, 1.82) is 0 Å². The number of rotatable bonds is 5. The zero-order valence-corrected chi connectivity index (χ0v) is 11.1.